The maximum absolute atomic E-state index is 6.00. The van der Waals surface area contributed by atoms with Crippen LogP contribution in [0.1, 0.15) is 37.3 Å². The minimum atomic E-state index is 0.0953. The number of furan rings is 1. The second-order valence-corrected chi connectivity index (χ2v) is 3.88. The molecule has 0 spiro atoms. The molecule has 2 N–H and O–H groups in total. The molecule has 0 amide bonds. The van der Waals surface area contributed by atoms with Gasteiger partial charge in [-0.15, -0.1) is 0 Å². The van der Waals surface area contributed by atoms with Gasteiger partial charge in [0.25, 0.3) is 0 Å². The predicted octanol–water partition coefficient (Wildman–Crippen LogP) is 2.24. The monoisotopic (exact) mass is 195 g/mol. The molecule has 14 heavy (non-hydrogen) atoms. The summed E-state index contributed by atoms with van der Waals surface area (Å²) in [5.74, 6) is 0. The maximum Gasteiger partial charge on any atom is 0.0950 e. The highest BCUT2D eigenvalue weighted by atomic mass is 16.5. The predicted molar refractivity (Wildman–Crippen MR) is 53.8 cm³/mol. The zero-order valence-electron chi connectivity index (χ0n) is 8.32. The van der Waals surface area contributed by atoms with E-state index in [2.05, 4.69) is 0 Å². The third kappa shape index (κ3) is 2.36. The third-order valence-corrected chi connectivity index (χ3v) is 2.79. The van der Waals surface area contributed by atoms with Gasteiger partial charge in [0.05, 0.1) is 18.6 Å². The minimum absolute atomic E-state index is 0.0953. The zero-order valence-corrected chi connectivity index (χ0v) is 8.32. The van der Waals surface area contributed by atoms with Gasteiger partial charge in [-0.3, -0.25) is 0 Å². The molecule has 2 atom stereocenters. The van der Waals surface area contributed by atoms with Crippen molar-refractivity contribution in [1.82, 2.24) is 0 Å². The molecular weight excluding hydrogens is 178 g/mol. The Labute approximate surface area is 84.2 Å². The van der Waals surface area contributed by atoms with Crippen LogP contribution in [0.3, 0.4) is 0 Å². The fourth-order valence-corrected chi connectivity index (χ4v) is 1.89. The van der Waals surface area contributed by atoms with Crippen molar-refractivity contribution in [1.29, 1.82) is 0 Å². The highest BCUT2D eigenvalue weighted by Crippen LogP contribution is 2.22. The molecule has 2 heterocycles. The van der Waals surface area contributed by atoms with Gasteiger partial charge in [-0.05, 0) is 31.7 Å². The van der Waals surface area contributed by atoms with Gasteiger partial charge in [-0.25, -0.2) is 0 Å². The van der Waals surface area contributed by atoms with Crippen molar-refractivity contribution in [2.45, 2.75) is 37.8 Å². The molecular formula is C11H17NO2. The van der Waals surface area contributed by atoms with Crippen LogP contribution in [0.4, 0.5) is 0 Å². The van der Waals surface area contributed by atoms with Crippen molar-refractivity contribution < 1.29 is 9.15 Å². The number of rotatable bonds is 4. The lowest BCUT2D eigenvalue weighted by Crippen LogP contribution is -2.13. The minimum Gasteiger partial charge on any atom is -0.472 e. The first-order valence-electron chi connectivity index (χ1n) is 5.25. The van der Waals surface area contributed by atoms with E-state index in [1.165, 1.54) is 12.8 Å². The Morgan fingerprint density at radius 2 is 2.50 bits per heavy atom. The van der Waals surface area contributed by atoms with Gasteiger partial charge in [0.1, 0.15) is 0 Å². The van der Waals surface area contributed by atoms with Crippen molar-refractivity contribution >= 4 is 0 Å². The average molecular weight is 195 g/mol. The van der Waals surface area contributed by atoms with E-state index in [1.54, 1.807) is 12.5 Å². The van der Waals surface area contributed by atoms with E-state index in [4.69, 9.17) is 14.9 Å². The molecule has 2 unspecified atom stereocenters. The van der Waals surface area contributed by atoms with Crippen molar-refractivity contribution in [2.24, 2.45) is 5.73 Å². The van der Waals surface area contributed by atoms with E-state index in [0.29, 0.717) is 6.10 Å². The molecule has 3 nitrogen and oxygen atoms in total. The van der Waals surface area contributed by atoms with Crippen LogP contribution < -0.4 is 5.73 Å². The van der Waals surface area contributed by atoms with Crippen LogP contribution in [0.2, 0.25) is 0 Å². The summed E-state index contributed by atoms with van der Waals surface area (Å²) in [5, 5.41) is 0. The fraction of sp³-hybridized carbons (Fsp3) is 0.636. The van der Waals surface area contributed by atoms with E-state index in [-0.39, 0.29) is 6.04 Å². The molecule has 0 saturated carbocycles. The standard InChI is InChI=1S/C11H17NO2/c12-11(9-5-7-13-8-9)4-3-10-2-1-6-14-10/h5,7-8,10-11H,1-4,6,12H2. The Morgan fingerprint density at radius 1 is 1.57 bits per heavy atom. The van der Waals surface area contributed by atoms with Crippen LogP contribution in [0.5, 0.6) is 0 Å². The number of ether oxygens (including phenoxy) is 1. The normalized spacial score (nSPS) is 23.9. The van der Waals surface area contributed by atoms with Crippen LogP contribution in [0, 0.1) is 0 Å². The lowest BCUT2D eigenvalue weighted by atomic mass is 10.0. The summed E-state index contributed by atoms with van der Waals surface area (Å²) in [6.45, 7) is 0.922. The fourth-order valence-electron chi connectivity index (χ4n) is 1.89. The van der Waals surface area contributed by atoms with E-state index >= 15 is 0 Å². The SMILES string of the molecule is NC(CCC1CCCO1)c1ccoc1. The molecule has 0 aromatic carbocycles. The van der Waals surface area contributed by atoms with Gasteiger partial charge in [0.2, 0.25) is 0 Å². The highest BCUT2D eigenvalue weighted by molar-refractivity contribution is 5.10. The number of hydrogen-bond donors (Lipinski definition) is 1. The molecule has 1 aliphatic heterocycles. The van der Waals surface area contributed by atoms with Crippen LogP contribution in [0.15, 0.2) is 23.0 Å². The van der Waals surface area contributed by atoms with Gasteiger partial charge >= 0.3 is 0 Å². The quantitative estimate of drug-likeness (QED) is 0.801. The van der Waals surface area contributed by atoms with Gasteiger partial charge in [-0.2, -0.15) is 0 Å². The molecule has 78 valence electrons. The van der Waals surface area contributed by atoms with Crippen LogP contribution in [0.25, 0.3) is 0 Å². The Hall–Kier alpha value is -0.800. The molecule has 3 heteroatoms. The first kappa shape index (κ1) is 9.74. The number of hydrogen-bond acceptors (Lipinski definition) is 3. The Morgan fingerprint density at radius 3 is 3.14 bits per heavy atom. The summed E-state index contributed by atoms with van der Waals surface area (Å²) < 4.78 is 10.5. The van der Waals surface area contributed by atoms with E-state index in [0.717, 1.165) is 25.0 Å². The largest absolute Gasteiger partial charge is 0.472 e. The molecule has 1 aliphatic rings. The number of nitrogens with two attached hydrogens (primary N) is 1. The summed E-state index contributed by atoms with van der Waals surface area (Å²) in [6, 6.07) is 2.03. The molecule has 0 bridgehead atoms. The summed E-state index contributed by atoms with van der Waals surface area (Å²) in [4.78, 5) is 0. The molecule has 1 aromatic heterocycles. The van der Waals surface area contributed by atoms with Crippen molar-refractivity contribution in [3.63, 3.8) is 0 Å². The summed E-state index contributed by atoms with van der Waals surface area (Å²) in [6.07, 6.45) is 8.26. The van der Waals surface area contributed by atoms with Gasteiger partial charge in [-0.1, -0.05) is 0 Å². The lowest BCUT2D eigenvalue weighted by Gasteiger charge is -2.12. The lowest BCUT2D eigenvalue weighted by molar-refractivity contribution is 0.101. The first-order chi connectivity index (χ1) is 6.86. The summed E-state index contributed by atoms with van der Waals surface area (Å²) in [5.41, 5.74) is 7.09. The molecule has 1 fully saturated rings. The van der Waals surface area contributed by atoms with Crippen molar-refractivity contribution in [3.8, 4) is 0 Å². The molecule has 0 radical (unpaired) electrons. The van der Waals surface area contributed by atoms with Gasteiger partial charge in [0.15, 0.2) is 0 Å². The first-order valence-corrected chi connectivity index (χ1v) is 5.25. The summed E-state index contributed by atoms with van der Waals surface area (Å²) in [7, 11) is 0. The van der Waals surface area contributed by atoms with E-state index in [1.807, 2.05) is 6.07 Å². The topological polar surface area (TPSA) is 48.4 Å². The van der Waals surface area contributed by atoms with Gasteiger partial charge < -0.3 is 14.9 Å². The second-order valence-electron chi connectivity index (χ2n) is 3.88. The summed E-state index contributed by atoms with van der Waals surface area (Å²) >= 11 is 0. The Kier molecular flexibility index (Phi) is 3.22. The van der Waals surface area contributed by atoms with Crippen LogP contribution in [-0.2, 0) is 4.74 Å². The van der Waals surface area contributed by atoms with Crippen molar-refractivity contribution in [2.75, 3.05) is 6.61 Å². The van der Waals surface area contributed by atoms with E-state index in [9.17, 15) is 0 Å². The smallest absolute Gasteiger partial charge is 0.0950 e. The van der Waals surface area contributed by atoms with Gasteiger partial charge in [0, 0.05) is 18.2 Å². The average Bonchev–Trinajstić information content (AvgIpc) is 2.87. The molecule has 1 aromatic rings. The second kappa shape index (κ2) is 4.62. The van der Waals surface area contributed by atoms with E-state index < -0.39 is 0 Å². The zero-order chi connectivity index (χ0) is 9.80. The highest BCUT2D eigenvalue weighted by Gasteiger charge is 2.17. The van der Waals surface area contributed by atoms with Crippen LogP contribution in [-0.4, -0.2) is 12.7 Å². The third-order valence-electron chi connectivity index (χ3n) is 2.79. The Bertz CT molecular complexity index is 252. The Balaban J connectivity index is 1.74. The molecule has 1 saturated heterocycles. The molecule has 0 aliphatic carbocycles. The maximum atomic E-state index is 6.00. The van der Waals surface area contributed by atoms with Crippen LogP contribution >= 0.6 is 0 Å². The van der Waals surface area contributed by atoms with Crippen molar-refractivity contribution in [3.05, 3.63) is 24.2 Å². The molecule has 2 rings (SSSR count).